The summed E-state index contributed by atoms with van der Waals surface area (Å²) in [6, 6.07) is 10.6. The molecule has 2 N–H and O–H groups in total. The first kappa shape index (κ1) is 18.9. The number of carbonyl (C=O) groups is 1. The number of hydrogen-bond acceptors (Lipinski definition) is 6. The van der Waals surface area contributed by atoms with Crippen LogP contribution in [0.5, 0.6) is 0 Å². The number of nitrogens with zero attached hydrogens (tertiary/aromatic N) is 2. The lowest BCUT2D eigenvalue weighted by atomic mass is 10.2. The van der Waals surface area contributed by atoms with Gasteiger partial charge in [0.25, 0.3) is 15.9 Å². The molecule has 0 radical (unpaired) electrons. The molecule has 0 saturated heterocycles. The summed E-state index contributed by atoms with van der Waals surface area (Å²) in [6.07, 6.45) is 0.696. The van der Waals surface area contributed by atoms with Crippen molar-refractivity contribution in [1.29, 1.82) is 0 Å². The molecule has 0 aliphatic heterocycles. The van der Waals surface area contributed by atoms with Crippen LogP contribution in [0.1, 0.15) is 22.3 Å². The average molecular weight is 406 g/mol. The highest BCUT2D eigenvalue weighted by molar-refractivity contribution is 7.92. The average Bonchev–Trinajstić information content (AvgIpc) is 3.09. The fraction of sp³-hybridized carbons (Fsp3) is 0.118. The maximum Gasteiger partial charge on any atom is 0.261 e. The van der Waals surface area contributed by atoms with Gasteiger partial charge in [-0.2, -0.15) is 0 Å². The first-order chi connectivity index (χ1) is 12.9. The van der Waals surface area contributed by atoms with E-state index in [1.165, 1.54) is 23.5 Å². The van der Waals surface area contributed by atoms with Crippen LogP contribution in [0.4, 0.5) is 15.2 Å². The van der Waals surface area contributed by atoms with E-state index >= 15 is 0 Å². The van der Waals surface area contributed by atoms with E-state index in [1.54, 1.807) is 12.1 Å². The van der Waals surface area contributed by atoms with Crippen molar-refractivity contribution in [3.63, 3.8) is 0 Å². The number of benzene rings is 2. The van der Waals surface area contributed by atoms with E-state index in [1.807, 2.05) is 6.92 Å². The molecule has 3 aromatic rings. The predicted molar refractivity (Wildman–Crippen MR) is 101 cm³/mol. The Labute approximate surface area is 159 Å². The summed E-state index contributed by atoms with van der Waals surface area (Å²) in [4.78, 5) is 12.4. The number of rotatable bonds is 6. The quantitative estimate of drug-likeness (QED) is 0.654. The van der Waals surface area contributed by atoms with Gasteiger partial charge in [-0.05, 0) is 42.8 Å². The van der Waals surface area contributed by atoms with Crippen molar-refractivity contribution in [2.24, 2.45) is 0 Å². The predicted octanol–water partition coefficient (Wildman–Crippen LogP) is 3.29. The Hall–Kier alpha value is -2.85. The Morgan fingerprint density at radius 1 is 1.11 bits per heavy atom. The van der Waals surface area contributed by atoms with Crippen molar-refractivity contribution < 1.29 is 17.6 Å². The second-order valence-electron chi connectivity index (χ2n) is 5.41. The number of amides is 1. The molecule has 0 atom stereocenters. The van der Waals surface area contributed by atoms with Gasteiger partial charge in [0.2, 0.25) is 5.13 Å². The third-order valence-electron chi connectivity index (χ3n) is 3.53. The topological polar surface area (TPSA) is 101 Å². The van der Waals surface area contributed by atoms with Gasteiger partial charge in [-0.1, -0.05) is 30.4 Å². The number of hydrogen-bond donors (Lipinski definition) is 2. The van der Waals surface area contributed by atoms with Crippen LogP contribution in [-0.2, 0) is 16.4 Å². The van der Waals surface area contributed by atoms with Gasteiger partial charge in [0.05, 0.1) is 16.1 Å². The molecule has 0 spiro atoms. The molecule has 140 valence electrons. The molecule has 3 rings (SSSR count). The molecule has 0 fully saturated rings. The Bertz CT molecular complexity index is 1070. The summed E-state index contributed by atoms with van der Waals surface area (Å²) in [6.45, 7) is 1.92. The smallest absolute Gasteiger partial charge is 0.261 e. The molecule has 27 heavy (non-hydrogen) atoms. The van der Waals surface area contributed by atoms with Gasteiger partial charge in [0, 0.05) is 0 Å². The third kappa shape index (κ3) is 4.47. The normalized spacial score (nSPS) is 11.2. The van der Waals surface area contributed by atoms with E-state index in [0.29, 0.717) is 11.6 Å². The van der Waals surface area contributed by atoms with Gasteiger partial charge in [-0.15, -0.1) is 10.2 Å². The second kappa shape index (κ2) is 7.80. The van der Waals surface area contributed by atoms with Crippen LogP contribution in [-0.4, -0.2) is 24.5 Å². The number of carbonyl (C=O) groups excluding carboxylic acids is 1. The number of anilines is 2. The number of sulfonamides is 1. The maximum atomic E-state index is 13.0. The van der Waals surface area contributed by atoms with Gasteiger partial charge in [0.1, 0.15) is 10.8 Å². The van der Waals surface area contributed by atoms with Crippen molar-refractivity contribution in [2.45, 2.75) is 18.2 Å². The Balaban J connectivity index is 1.85. The van der Waals surface area contributed by atoms with Gasteiger partial charge >= 0.3 is 0 Å². The fourth-order valence-electron chi connectivity index (χ4n) is 2.20. The van der Waals surface area contributed by atoms with Crippen molar-refractivity contribution in [1.82, 2.24) is 10.2 Å². The maximum absolute atomic E-state index is 13.0. The zero-order valence-corrected chi connectivity index (χ0v) is 15.8. The minimum atomic E-state index is -3.98. The highest BCUT2D eigenvalue weighted by Crippen LogP contribution is 2.22. The lowest BCUT2D eigenvalue weighted by molar-refractivity contribution is 0.102. The van der Waals surface area contributed by atoms with Crippen LogP contribution in [0.3, 0.4) is 0 Å². The standard InChI is InChI=1S/C17H15FN4O3S2/c1-2-15-20-21-17(26-15)19-16(23)13-5-3-4-6-14(13)22-27(24,25)12-9-7-11(18)8-10-12/h3-10,22H,2H2,1H3,(H,19,21,23). The molecule has 1 heterocycles. The number of aromatic nitrogens is 2. The molecule has 0 aliphatic rings. The summed E-state index contributed by atoms with van der Waals surface area (Å²) >= 11 is 1.24. The van der Waals surface area contributed by atoms with Crippen LogP contribution < -0.4 is 10.0 Å². The van der Waals surface area contributed by atoms with Crippen LogP contribution in [0.2, 0.25) is 0 Å². The molecule has 1 aromatic heterocycles. The number of halogens is 1. The minimum Gasteiger partial charge on any atom is -0.296 e. The van der Waals surface area contributed by atoms with Crippen LogP contribution in [0, 0.1) is 5.82 Å². The Morgan fingerprint density at radius 2 is 1.81 bits per heavy atom. The van der Waals surface area contributed by atoms with E-state index in [4.69, 9.17) is 0 Å². The summed E-state index contributed by atoms with van der Waals surface area (Å²) in [5.41, 5.74) is 0.219. The van der Waals surface area contributed by atoms with Gasteiger partial charge < -0.3 is 0 Å². The lowest BCUT2D eigenvalue weighted by Gasteiger charge is -2.12. The highest BCUT2D eigenvalue weighted by Gasteiger charge is 2.19. The molecule has 0 saturated carbocycles. The van der Waals surface area contributed by atoms with E-state index in [0.717, 1.165) is 29.3 Å². The zero-order chi connectivity index (χ0) is 19.4. The summed E-state index contributed by atoms with van der Waals surface area (Å²) < 4.78 is 40.4. The van der Waals surface area contributed by atoms with Gasteiger partial charge in [-0.25, -0.2) is 12.8 Å². The third-order valence-corrected chi connectivity index (χ3v) is 5.89. The summed E-state index contributed by atoms with van der Waals surface area (Å²) in [7, 11) is -3.98. The summed E-state index contributed by atoms with van der Waals surface area (Å²) in [5.74, 6) is -1.07. The first-order valence-corrected chi connectivity index (χ1v) is 10.2. The van der Waals surface area contributed by atoms with Crippen molar-refractivity contribution >= 4 is 38.1 Å². The molecule has 0 aliphatic carbocycles. The highest BCUT2D eigenvalue weighted by atomic mass is 32.2. The van der Waals surface area contributed by atoms with E-state index in [2.05, 4.69) is 20.2 Å². The Morgan fingerprint density at radius 3 is 2.48 bits per heavy atom. The second-order valence-corrected chi connectivity index (χ2v) is 8.16. The molecular weight excluding hydrogens is 391 g/mol. The number of para-hydroxylation sites is 1. The molecule has 10 heteroatoms. The first-order valence-electron chi connectivity index (χ1n) is 7.90. The van der Waals surface area contributed by atoms with E-state index < -0.39 is 21.7 Å². The largest absolute Gasteiger partial charge is 0.296 e. The lowest BCUT2D eigenvalue weighted by Crippen LogP contribution is -2.18. The number of nitrogens with one attached hydrogen (secondary N) is 2. The fourth-order valence-corrected chi connectivity index (χ4v) is 3.95. The molecule has 0 unspecified atom stereocenters. The van der Waals surface area contributed by atoms with E-state index in [9.17, 15) is 17.6 Å². The molecule has 2 aromatic carbocycles. The van der Waals surface area contributed by atoms with E-state index in [-0.39, 0.29) is 16.1 Å². The van der Waals surface area contributed by atoms with Gasteiger partial charge in [-0.3, -0.25) is 14.8 Å². The SMILES string of the molecule is CCc1nnc(NC(=O)c2ccccc2NS(=O)(=O)c2ccc(F)cc2)s1. The minimum absolute atomic E-state index is 0.0968. The van der Waals surface area contributed by atoms with Gasteiger partial charge in [0.15, 0.2) is 0 Å². The van der Waals surface area contributed by atoms with Crippen LogP contribution >= 0.6 is 11.3 Å². The Kier molecular flexibility index (Phi) is 5.47. The molecular formula is C17H15FN4O3S2. The van der Waals surface area contributed by atoms with Crippen molar-refractivity contribution in [3.8, 4) is 0 Å². The van der Waals surface area contributed by atoms with Crippen LogP contribution in [0.15, 0.2) is 53.4 Å². The zero-order valence-electron chi connectivity index (χ0n) is 14.1. The molecule has 7 nitrogen and oxygen atoms in total. The monoisotopic (exact) mass is 406 g/mol. The van der Waals surface area contributed by atoms with Crippen LogP contribution in [0.25, 0.3) is 0 Å². The molecule has 0 bridgehead atoms. The summed E-state index contributed by atoms with van der Waals surface area (Å²) in [5, 5.41) is 11.5. The van der Waals surface area contributed by atoms with Crippen molar-refractivity contribution in [3.05, 3.63) is 64.9 Å². The van der Waals surface area contributed by atoms with Crippen molar-refractivity contribution in [2.75, 3.05) is 10.0 Å². The molecule has 1 amide bonds. The number of aryl methyl sites for hydroxylation is 1.